The van der Waals surface area contributed by atoms with E-state index in [4.69, 9.17) is 51.9 Å². The summed E-state index contributed by atoms with van der Waals surface area (Å²) in [6.07, 6.45) is 3.75. The van der Waals surface area contributed by atoms with E-state index in [0.29, 0.717) is 24.3 Å². The van der Waals surface area contributed by atoms with Crippen molar-refractivity contribution >= 4 is 109 Å². The van der Waals surface area contributed by atoms with Crippen molar-refractivity contribution in [2.75, 3.05) is 39.6 Å². The van der Waals surface area contributed by atoms with E-state index >= 15 is 0 Å². The number of aromatic carboxylic acids is 2. The van der Waals surface area contributed by atoms with Crippen LogP contribution in [0.2, 0.25) is 156 Å². The number of unbranched alkanes of at least 4 members (excludes halogenated alkanes) is 1. The van der Waals surface area contributed by atoms with Crippen molar-refractivity contribution in [3.63, 3.8) is 0 Å². The summed E-state index contributed by atoms with van der Waals surface area (Å²) in [6, 6.07) is 10.9. The Morgan fingerprint density at radius 3 is 1.04 bits per heavy atom. The highest BCUT2D eigenvalue weighted by molar-refractivity contribution is 6.91. The van der Waals surface area contributed by atoms with Crippen LogP contribution in [-0.2, 0) is 51.9 Å². The van der Waals surface area contributed by atoms with E-state index in [1.165, 1.54) is 36.4 Å². The Balaban J connectivity index is 1.92. The average molecular weight is 1280 g/mol. The lowest BCUT2D eigenvalue weighted by atomic mass is 9.96. The molecule has 452 valence electrons. The van der Waals surface area contributed by atoms with Gasteiger partial charge < -0.3 is 62.1 Å². The lowest BCUT2D eigenvalue weighted by Crippen LogP contribution is -2.58. The van der Waals surface area contributed by atoms with Gasteiger partial charge in [0.15, 0.2) is 33.3 Å². The first-order valence-electron chi connectivity index (χ1n) is 27.7. The minimum Gasteiger partial charge on any atom is -0.478 e. The van der Waals surface area contributed by atoms with Crippen LogP contribution in [0, 0.1) is 0 Å². The van der Waals surface area contributed by atoms with E-state index in [1.807, 2.05) is 13.1 Å². The van der Waals surface area contributed by atoms with Gasteiger partial charge in [0, 0.05) is 13.2 Å². The van der Waals surface area contributed by atoms with Crippen LogP contribution >= 0.6 is 0 Å². The van der Waals surface area contributed by atoms with E-state index in [-0.39, 0.29) is 48.7 Å². The SMILES string of the molecule is CCCC[Si](C)(C)O[Si](C)(C)O[Si](C)(C)O[Si](C)(C)O[Si](C)(C)CCCOCCOC(=O)c1ccc(-c2ccc(C(=O)O)c(C(=O)OCCOCCC[Si](C)(C)O[Si](C)(C)O[Si](C)(C)O[Si](C)(C)O[Si](C)(C)C)c2)cc1C(=O)O. The molecule has 2 aromatic rings. The molecule has 0 aliphatic rings. The second kappa shape index (κ2) is 30.3. The number of ether oxygens (including phenoxy) is 4. The van der Waals surface area contributed by atoms with E-state index in [0.717, 1.165) is 43.8 Å². The molecule has 0 heterocycles. The van der Waals surface area contributed by atoms with Crippen molar-refractivity contribution in [1.82, 2.24) is 0 Å². The number of rotatable bonds is 38. The monoisotopic (exact) mass is 1280 g/mol. The molecular weight excluding hydrogens is 1180 g/mol. The van der Waals surface area contributed by atoms with E-state index in [2.05, 4.69) is 131 Å². The number of carbonyl (C=O) groups excluding carboxylic acids is 2. The minimum absolute atomic E-state index is 0.0834. The maximum absolute atomic E-state index is 13.3. The molecule has 0 bridgehead atoms. The van der Waals surface area contributed by atoms with Gasteiger partial charge in [-0.05, 0) is 204 Å². The smallest absolute Gasteiger partial charge is 0.339 e. The van der Waals surface area contributed by atoms with Gasteiger partial charge in [0.05, 0.1) is 35.5 Å². The number of hydrogen-bond acceptors (Lipinski definition) is 16. The molecule has 0 atom stereocenters. The van der Waals surface area contributed by atoms with Crippen LogP contribution < -0.4 is 0 Å². The maximum Gasteiger partial charge on any atom is 0.339 e. The first kappa shape index (κ1) is 73.2. The third-order valence-electron chi connectivity index (χ3n) is 11.5. The van der Waals surface area contributed by atoms with Gasteiger partial charge in [-0.25, -0.2) is 19.2 Å². The molecule has 0 aliphatic heterocycles. The number of carboxylic acid groups (broad SMARTS) is 2. The molecule has 0 saturated carbocycles. The predicted octanol–water partition coefficient (Wildman–Crippen LogP) is 13.5. The fraction of sp³-hybridized carbons (Fsp3) is 0.686. The van der Waals surface area contributed by atoms with Gasteiger partial charge in [0.1, 0.15) is 13.2 Å². The van der Waals surface area contributed by atoms with Crippen molar-refractivity contribution in [2.45, 2.75) is 188 Å². The molecule has 18 nitrogen and oxygen atoms in total. The number of hydrogen-bond donors (Lipinski definition) is 2. The maximum atomic E-state index is 13.3. The molecule has 2 rings (SSSR count). The zero-order chi connectivity index (χ0) is 60.7. The molecule has 0 aliphatic carbocycles. The van der Waals surface area contributed by atoms with Crippen LogP contribution in [0.25, 0.3) is 11.1 Å². The minimum atomic E-state index is -2.58. The summed E-state index contributed by atoms with van der Waals surface area (Å²) in [4.78, 5) is 51.1. The van der Waals surface area contributed by atoms with Crippen LogP contribution in [0.5, 0.6) is 0 Å². The van der Waals surface area contributed by atoms with Crippen molar-refractivity contribution in [2.24, 2.45) is 0 Å². The van der Waals surface area contributed by atoms with Crippen molar-refractivity contribution in [3.8, 4) is 11.1 Å². The Labute approximate surface area is 484 Å². The Kier molecular flexibility index (Phi) is 28.0. The number of benzene rings is 2. The molecule has 28 heteroatoms. The standard InChI is InChI=1S/C51H100O18Si10/c1-23-24-37-71(5,6)63-75(13,14)68-79(21,22)69-77(17,18)65-73(9,10)38-25-31-58-33-35-60-50(56)45-30-28-42(40-46(45)49(54)55)43-27-29-44(48(52)53)47(41-43)51(57)61-36-34-59-32-26-39-72(7,8)64-76(15,16)67-78(19,20)66-74(11,12)62-70(2,3)4/h27-30,40-41H,23-26,31-39H2,1-22H3,(H,52,53)(H,54,55). The number of esters is 2. The molecule has 79 heavy (non-hydrogen) atoms. The normalized spacial score (nSPS) is 13.6. The van der Waals surface area contributed by atoms with Crippen LogP contribution in [-0.4, -0.2) is 158 Å². The average Bonchev–Trinajstić information content (AvgIpc) is 3.23. The third kappa shape index (κ3) is 29.4. The number of carboxylic acids is 2. The molecule has 2 aromatic carbocycles. The highest BCUT2D eigenvalue weighted by Crippen LogP contribution is 2.31. The molecule has 0 amide bonds. The molecule has 2 N–H and O–H groups in total. The molecule has 0 aromatic heterocycles. The summed E-state index contributed by atoms with van der Waals surface area (Å²) < 4.78 is 75.7. The summed E-state index contributed by atoms with van der Waals surface area (Å²) >= 11 is 0. The second-order valence-electron chi connectivity index (χ2n) is 25.5. The van der Waals surface area contributed by atoms with Crippen molar-refractivity contribution in [1.29, 1.82) is 0 Å². The second-order valence-corrected chi connectivity index (χ2v) is 65.2. The van der Waals surface area contributed by atoms with E-state index in [9.17, 15) is 29.4 Å². The quantitative estimate of drug-likeness (QED) is 0.0363. The summed E-state index contributed by atoms with van der Waals surface area (Å²) in [5.41, 5.74) is -0.376. The lowest BCUT2D eigenvalue weighted by Gasteiger charge is -2.42. The van der Waals surface area contributed by atoms with Gasteiger partial charge in [-0.15, -0.1) is 0 Å². The van der Waals surface area contributed by atoms with E-state index in [1.54, 1.807) is 0 Å². The summed E-state index contributed by atoms with van der Waals surface area (Å²) in [6.45, 7) is 47.5. The van der Waals surface area contributed by atoms with Gasteiger partial charge in [-0.2, -0.15) is 0 Å². The lowest BCUT2D eigenvalue weighted by molar-refractivity contribution is 0.0309. The first-order chi connectivity index (χ1) is 35.8. The highest BCUT2D eigenvalue weighted by atomic mass is 28.5. The zero-order valence-electron chi connectivity index (χ0n) is 52.1. The third-order valence-corrected chi connectivity index (χ3v) is 48.9. The Morgan fingerprint density at radius 1 is 0.367 bits per heavy atom. The molecule has 0 radical (unpaired) electrons. The van der Waals surface area contributed by atoms with Gasteiger partial charge >= 0.3 is 75.2 Å². The topological polar surface area (TPSA) is 219 Å². The van der Waals surface area contributed by atoms with Crippen LogP contribution in [0.15, 0.2) is 36.4 Å². The van der Waals surface area contributed by atoms with Crippen LogP contribution in [0.1, 0.15) is 74.0 Å². The van der Waals surface area contributed by atoms with Crippen molar-refractivity contribution < 1.29 is 81.3 Å². The predicted molar refractivity (Wildman–Crippen MR) is 336 cm³/mol. The van der Waals surface area contributed by atoms with Gasteiger partial charge in [0.25, 0.3) is 0 Å². The molecule has 0 spiro atoms. The summed E-state index contributed by atoms with van der Waals surface area (Å²) in [7, 11) is -23.1. The molecule has 0 fully saturated rings. The van der Waals surface area contributed by atoms with E-state index < -0.39 is 109 Å². The van der Waals surface area contributed by atoms with Crippen LogP contribution in [0.3, 0.4) is 0 Å². The largest absolute Gasteiger partial charge is 0.478 e. The summed E-state index contributed by atoms with van der Waals surface area (Å²) in [5.74, 6) is -4.45. The fourth-order valence-corrected chi connectivity index (χ4v) is 58.6. The summed E-state index contributed by atoms with van der Waals surface area (Å²) in [5, 5.41) is 20.1. The Morgan fingerprint density at radius 2 is 0.684 bits per heavy atom. The van der Waals surface area contributed by atoms with Gasteiger partial charge in [-0.1, -0.05) is 31.9 Å². The molecule has 0 unspecified atom stereocenters. The Bertz CT molecular complexity index is 2320. The van der Waals surface area contributed by atoms with Gasteiger partial charge in [0.2, 0.25) is 0 Å². The highest BCUT2D eigenvalue weighted by Gasteiger charge is 2.47. The first-order valence-corrected chi connectivity index (χ1v) is 57.3. The van der Waals surface area contributed by atoms with Crippen molar-refractivity contribution in [3.05, 3.63) is 58.7 Å². The number of carbonyl (C=O) groups is 4. The Hall–Kier alpha value is -1.91. The van der Waals surface area contributed by atoms with Crippen LogP contribution in [0.4, 0.5) is 0 Å². The fourth-order valence-electron chi connectivity index (χ4n) is 10.1. The van der Waals surface area contributed by atoms with Gasteiger partial charge in [-0.3, -0.25) is 0 Å². The molecular formula is C51H100O18Si10. The molecule has 0 saturated heterocycles. The zero-order valence-corrected chi connectivity index (χ0v) is 62.1.